The quantitative estimate of drug-likeness (QED) is 0.644. The molecule has 3 aliphatic rings. The molecule has 1 aromatic heterocycles. The average Bonchev–Trinajstić information content (AvgIpc) is 2.86. The van der Waals surface area contributed by atoms with Crippen LogP contribution in [0.15, 0.2) is 66.9 Å². The van der Waals surface area contributed by atoms with Gasteiger partial charge in [0.05, 0.1) is 16.8 Å². The molecule has 0 bridgehead atoms. The van der Waals surface area contributed by atoms with Crippen LogP contribution in [-0.2, 0) is 5.54 Å². The van der Waals surface area contributed by atoms with E-state index >= 15 is 0 Å². The van der Waals surface area contributed by atoms with Gasteiger partial charge >= 0.3 is 11.7 Å². The molecule has 2 aliphatic heterocycles. The zero-order valence-corrected chi connectivity index (χ0v) is 16.8. The first kappa shape index (κ1) is 17.5. The molecular weight excluding hydrogens is 370 g/mol. The third-order valence-electron chi connectivity index (χ3n) is 6.55. The van der Waals surface area contributed by atoms with Crippen LogP contribution in [0.3, 0.4) is 0 Å². The van der Waals surface area contributed by atoms with Gasteiger partial charge < -0.3 is 11.1 Å². The number of rotatable bonds is 2. The average molecular weight is 395 g/mol. The first-order chi connectivity index (χ1) is 14.7. The number of pyridine rings is 1. The van der Waals surface area contributed by atoms with Crippen molar-refractivity contribution in [2.24, 2.45) is 5.73 Å². The maximum absolute atomic E-state index is 6.73. The predicted octanol–water partition coefficient (Wildman–Crippen LogP) is 4.04. The number of anilines is 3. The number of amidine groups is 2. The molecule has 1 saturated carbocycles. The second-order valence-electron chi connectivity index (χ2n) is 8.43. The molecule has 0 radical (unpaired) electrons. The van der Waals surface area contributed by atoms with Gasteiger partial charge in [-0.1, -0.05) is 43.5 Å². The van der Waals surface area contributed by atoms with E-state index in [-0.39, 0.29) is 5.54 Å². The van der Waals surface area contributed by atoms with Crippen LogP contribution in [0.2, 0.25) is 0 Å². The molecule has 148 valence electrons. The van der Waals surface area contributed by atoms with Crippen LogP contribution in [-0.4, -0.2) is 16.7 Å². The fourth-order valence-corrected chi connectivity index (χ4v) is 4.87. The SMILES string of the molecule is NC1(c2ccc(C3=[N+]=C4c5ccccc5Nc5ncccc5N34)cc2)CCCCC1. The molecule has 0 spiro atoms. The van der Waals surface area contributed by atoms with Gasteiger partial charge in [0.1, 0.15) is 0 Å². The van der Waals surface area contributed by atoms with Crippen LogP contribution in [0.4, 0.5) is 17.2 Å². The minimum Gasteiger partial charge on any atom is -0.337 e. The lowest BCUT2D eigenvalue weighted by molar-refractivity contribution is 0.302. The van der Waals surface area contributed by atoms with E-state index in [0.29, 0.717) is 0 Å². The Kier molecular flexibility index (Phi) is 3.82. The van der Waals surface area contributed by atoms with Gasteiger partial charge in [0.25, 0.3) is 0 Å². The van der Waals surface area contributed by atoms with E-state index in [1.807, 2.05) is 24.4 Å². The maximum atomic E-state index is 6.73. The fraction of sp³-hybridized carbons (Fsp3) is 0.240. The molecule has 0 saturated heterocycles. The molecule has 3 aromatic rings. The highest BCUT2D eigenvalue weighted by Gasteiger charge is 2.43. The van der Waals surface area contributed by atoms with E-state index in [4.69, 9.17) is 10.4 Å². The summed E-state index contributed by atoms with van der Waals surface area (Å²) in [6.45, 7) is 0. The van der Waals surface area contributed by atoms with Crippen LogP contribution in [0, 0.1) is 0 Å². The number of nitrogens with one attached hydrogen (secondary N) is 1. The largest absolute Gasteiger partial charge is 0.337 e. The molecule has 0 atom stereocenters. The van der Waals surface area contributed by atoms with E-state index in [9.17, 15) is 0 Å². The summed E-state index contributed by atoms with van der Waals surface area (Å²) >= 11 is 0. The van der Waals surface area contributed by atoms with Crippen molar-refractivity contribution in [1.82, 2.24) is 9.65 Å². The number of benzene rings is 2. The monoisotopic (exact) mass is 394 g/mol. The molecule has 1 aliphatic carbocycles. The number of hydrogen-bond donors (Lipinski definition) is 2. The van der Waals surface area contributed by atoms with Gasteiger partial charge in [-0.3, -0.25) is 0 Å². The third-order valence-corrected chi connectivity index (χ3v) is 6.55. The zero-order chi connectivity index (χ0) is 20.1. The summed E-state index contributed by atoms with van der Waals surface area (Å²) in [6.07, 6.45) is 7.68. The summed E-state index contributed by atoms with van der Waals surface area (Å²) in [7, 11) is 0. The van der Waals surface area contributed by atoms with Crippen molar-refractivity contribution < 1.29 is 0 Å². The molecular formula is C25H24N5+. The summed E-state index contributed by atoms with van der Waals surface area (Å²) in [4.78, 5) is 6.78. The molecule has 3 N–H and O–H groups in total. The topological polar surface area (TPSA) is 68.3 Å². The molecule has 6 rings (SSSR count). The number of para-hydroxylation sites is 1. The van der Waals surface area contributed by atoms with E-state index in [2.05, 4.69) is 57.7 Å². The van der Waals surface area contributed by atoms with Crippen molar-refractivity contribution in [3.63, 3.8) is 0 Å². The molecule has 0 unspecified atom stereocenters. The first-order valence-corrected chi connectivity index (χ1v) is 10.7. The lowest BCUT2D eigenvalue weighted by atomic mass is 9.77. The zero-order valence-electron chi connectivity index (χ0n) is 16.8. The van der Waals surface area contributed by atoms with Crippen LogP contribution < -0.4 is 20.6 Å². The van der Waals surface area contributed by atoms with Crippen molar-refractivity contribution in [2.45, 2.75) is 37.6 Å². The van der Waals surface area contributed by atoms with Gasteiger partial charge in [-0.25, -0.2) is 9.65 Å². The van der Waals surface area contributed by atoms with Crippen LogP contribution in [0.1, 0.15) is 48.8 Å². The minimum absolute atomic E-state index is 0.183. The van der Waals surface area contributed by atoms with Gasteiger partial charge in [0, 0.05) is 11.7 Å². The van der Waals surface area contributed by atoms with E-state index in [1.54, 1.807) is 0 Å². The number of fused-ring (bicyclic) bond motifs is 5. The van der Waals surface area contributed by atoms with E-state index < -0.39 is 0 Å². The number of nitrogens with zero attached hydrogens (tertiary/aromatic N) is 3. The normalized spacial score (nSPS) is 18.5. The number of nitrogens with two attached hydrogens (primary N) is 1. The Morgan fingerprint density at radius 2 is 1.70 bits per heavy atom. The van der Waals surface area contributed by atoms with Crippen molar-refractivity contribution in [3.05, 3.63) is 83.6 Å². The molecule has 5 nitrogen and oxygen atoms in total. The van der Waals surface area contributed by atoms with Gasteiger partial charge in [-0.05, 0) is 54.8 Å². The summed E-state index contributed by atoms with van der Waals surface area (Å²) in [5, 5.41) is 3.47. The smallest absolute Gasteiger partial charge is 0.334 e. The highest BCUT2D eigenvalue weighted by molar-refractivity contribution is 6.37. The lowest BCUT2D eigenvalue weighted by Crippen LogP contribution is -2.49. The minimum atomic E-state index is -0.183. The van der Waals surface area contributed by atoms with Gasteiger partial charge in [0.2, 0.25) is 0 Å². The lowest BCUT2D eigenvalue weighted by Gasteiger charge is -2.34. The molecule has 2 aromatic carbocycles. The molecule has 30 heavy (non-hydrogen) atoms. The summed E-state index contributed by atoms with van der Waals surface area (Å²) in [6, 6.07) is 21.0. The first-order valence-electron chi connectivity index (χ1n) is 10.7. The highest BCUT2D eigenvalue weighted by Crippen LogP contribution is 2.37. The number of hydrogen-bond acceptors (Lipinski definition) is 4. The Morgan fingerprint density at radius 3 is 2.53 bits per heavy atom. The second-order valence-corrected chi connectivity index (χ2v) is 8.43. The Hall–Kier alpha value is -3.40. The summed E-state index contributed by atoms with van der Waals surface area (Å²) in [5.74, 6) is 2.73. The fourth-order valence-electron chi connectivity index (χ4n) is 4.87. The Morgan fingerprint density at radius 1 is 0.900 bits per heavy atom. The molecule has 1 fully saturated rings. The highest BCUT2D eigenvalue weighted by atomic mass is 15.3. The molecule has 5 heteroatoms. The van der Waals surface area contributed by atoms with Crippen molar-refractivity contribution in [1.29, 1.82) is 0 Å². The van der Waals surface area contributed by atoms with Crippen LogP contribution >= 0.6 is 0 Å². The molecule has 0 amide bonds. The van der Waals surface area contributed by atoms with Gasteiger partial charge in [-0.15, -0.1) is 0 Å². The molecule has 3 heterocycles. The number of aromatic nitrogens is 1. The van der Waals surface area contributed by atoms with Crippen molar-refractivity contribution in [3.8, 4) is 0 Å². The summed E-state index contributed by atoms with van der Waals surface area (Å²) in [5.41, 5.74) is 12.0. The van der Waals surface area contributed by atoms with E-state index in [1.165, 1.54) is 24.8 Å². The van der Waals surface area contributed by atoms with Gasteiger partial charge in [-0.2, -0.15) is 4.90 Å². The Bertz CT molecular complexity index is 1200. The predicted molar refractivity (Wildman–Crippen MR) is 122 cm³/mol. The Labute approximate surface area is 176 Å². The van der Waals surface area contributed by atoms with Crippen LogP contribution in [0.5, 0.6) is 0 Å². The Balaban J connectivity index is 1.43. The third kappa shape index (κ3) is 2.60. The van der Waals surface area contributed by atoms with Crippen molar-refractivity contribution >= 4 is 28.9 Å². The van der Waals surface area contributed by atoms with E-state index in [0.717, 1.165) is 52.8 Å². The van der Waals surface area contributed by atoms with Crippen LogP contribution in [0.25, 0.3) is 0 Å². The standard InChI is InChI=1S/C25H23N5/c26-25(14-4-1-5-15-25)18-12-10-17(11-13-18)23-29-24-19-7-2-3-8-20(19)28-22-21(30(23)24)9-6-16-27-22/h2-3,6-13,16H,1,4-5,14-15,26H2/p+1. The maximum Gasteiger partial charge on any atom is 0.334 e. The second kappa shape index (κ2) is 6.56. The van der Waals surface area contributed by atoms with Gasteiger partial charge in [0.15, 0.2) is 11.5 Å². The summed E-state index contributed by atoms with van der Waals surface area (Å²) < 4.78 is 4.93. The van der Waals surface area contributed by atoms with Crippen molar-refractivity contribution in [2.75, 3.05) is 10.2 Å².